The molecule has 4 heteroatoms. The molecule has 0 atom stereocenters. The quantitative estimate of drug-likeness (QED) is 0.407. The molecule has 138 valence electrons. The zero-order valence-corrected chi connectivity index (χ0v) is 15.8. The summed E-state index contributed by atoms with van der Waals surface area (Å²) in [6, 6.07) is 20.5. The van der Waals surface area contributed by atoms with E-state index in [1.807, 2.05) is 36.4 Å². The fraction of sp³-hybridized carbons (Fsp3) is 0.167. The van der Waals surface area contributed by atoms with Crippen molar-refractivity contribution < 1.29 is 4.74 Å². The monoisotopic (exact) mass is 367 g/mol. The molecule has 0 bridgehead atoms. The van der Waals surface area contributed by atoms with Gasteiger partial charge in [-0.05, 0) is 28.5 Å². The number of rotatable bonds is 5. The van der Waals surface area contributed by atoms with E-state index in [-0.39, 0.29) is 0 Å². The fourth-order valence-corrected chi connectivity index (χ4v) is 3.28. The van der Waals surface area contributed by atoms with E-state index < -0.39 is 0 Å². The topological polar surface area (TPSA) is 47.0 Å². The van der Waals surface area contributed by atoms with Crippen molar-refractivity contribution in [2.24, 2.45) is 0 Å². The van der Waals surface area contributed by atoms with Crippen molar-refractivity contribution in [2.75, 3.05) is 19.0 Å². The van der Waals surface area contributed by atoms with Gasteiger partial charge in [0.05, 0.1) is 12.1 Å². The first kappa shape index (κ1) is 18.0. The summed E-state index contributed by atoms with van der Waals surface area (Å²) in [6.07, 6.45) is 2.30. The Morgan fingerprint density at radius 1 is 0.929 bits per heavy atom. The molecule has 4 rings (SSSR count). The van der Waals surface area contributed by atoms with Gasteiger partial charge in [-0.1, -0.05) is 60.4 Å². The molecule has 28 heavy (non-hydrogen) atoms. The number of hydrogen-bond acceptors (Lipinski definition) is 4. The third-order valence-corrected chi connectivity index (χ3v) is 4.61. The first-order valence-electron chi connectivity index (χ1n) is 9.29. The van der Waals surface area contributed by atoms with Crippen molar-refractivity contribution in [3.63, 3.8) is 0 Å². The maximum Gasteiger partial charge on any atom is 0.137 e. The Hall–Kier alpha value is -3.42. The molecule has 4 nitrogen and oxygen atoms in total. The second-order valence-electron chi connectivity index (χ2n) is 6.47. The highest BCUT2D eigenvalue weighted by Gasteiger charge is 2.05. The molecule has 0 saturated heterocycles. The second-order valence-corrected chi connectivity index (χ2v) is 6.47. The Kier molecular flexibility index (Phi) is 5.46. The van der Waals surface area contributed by atoms with Crippen molar-refractivity contribution in [2.45, 2.75) is 13.0 Å². The van der Waals surface area contributed by atoms with Gasteiger partial charge in [-0.3, -0.25) is 0 Å². The average Bonchev–Trinajstić information content (AvgIpc) is 2.75. The van der Waals surface area contributed by atoms with Crippen molar-refractivity contribution in [1.82, 2.24) is 9.97 Å². The number of benzene rings is 3. The highest BCUT2D eigenvalue weighted by Crippen LogP contribution is 2.22. The Morgan fingerprint density at radius 2 is 1.75 bits per heavy atom. The third-order valence-electron chi connectivity index (χ3n) is 4.61. The number of anilines is 1. The Labute approximate surface area is 164 Å². The van der Waals surface area contributed by atoms with E-state index in [2.05, 4.69) is 51.4 Å². The zero-order valence-electron chi connectivity index (χ0n) is 15.8. The van der Waals surface area contributed by atoms with E-state index in [1.54, 1.807) is 13.4 Å². The largest absolute Gasteiger partial charge is 0.380 e. The Morgan fingerprint density at radius 3 is 2.64 bits per heavy atom. The fourth-order valence-electron chi connectivity index (χ4n) is 3.28. The van der Waals surface area contributed by atoms with E-state index in [4.69, 9.17) is 4.74 Å². The van der Waals surface area contributed by atoms with E-state index in [9.17, 15) is 0 Å². The molecule has 1 heterocycles. The minimum Gasteiger partial charge on any atom is -0.380 e. The number of nitrogens with one attached hydrogen (secondary N) is 1. The summed E-state index contributed by atoms with van der Waals surface area (Å²) in [5.41, 5.74) is 3.10. The van der Waals surface area contributed by atoms with E-state index in [0.29, 0.717) is 13.0 Å². The second kappa shape index (κ2) is 8.51. The van der Waals surface area contributed by atoms with Gasteiger partial charge in [-0.15, -0.1) is 0 Å². The van der Waals surface area contributed by atoms with Crippen molar-refractivity contribution in [1.29, 1.82) is 0 Å². The standard InChI is InChI=1S/C24H21N3O/c1-28-16-19-14-13-18-8-2-3-9-20(18)21(19)10-6-7-15-25-24-22-11-4-5-12-23(22)26-17-27-24/h2-5,8-9,11-14,17H,7,15-16H2,1H3,(H,25,26,27). The summed E-state index contributed by atoms with van der Waals surface area (Å²) in [4.78, 5) is 8.65. The first-order valence-corrected chi connectivity index (χ1v) is 9.29. The molecule has 0 spiro atoms. The van der Waals surface area contributed by atoms with Crippen LogP contribution in [0.1, 0.15) is 17.5 Å². The lowest BCUT2D eigenvalue weighted by Crippen LogP contribution is -2.03. The molecule has 0 fully saturated rings. The van der Waals surface area contributed by atoms with Gasteiger partial charge in [0.1, 0.15) is 12.1 Å². The minimum absolute atomic E-state index is 0.556. The summed E-state index contributed by atoms with van der Waals surface area (Å²) in [5, 5.41) is 6.75. The van der Waals surface area contributed by atoms with Gasteiger partial charge in [0.2, 0.25) is 0 Å². The molecule has 4 aromatic rings. The van der Waals surface area contributed by atoms with Crippen molar-refractivity contribution >= 4 is 27.5 Å². The molecule has 0 unspecified atom stereocenters. The lowest BCUT2D eigenvalue weighted by atomic mass is 9.99. The molecule has 0 aliphatic carbocycles. The van der Waals surface area contributed by atoms with Gasteiger partial charge in [-0.25, -0.2) is 9.97 Å². The number of methoxy groups -OCH3 is 1. The van der Waals surface area contributed by atoms with Gasteiger partial charge in [0.25, 0.3) is 0 Å². The highest BCUT2D eigenvalue weighted by atomic mass is 16.5. The Bertz CT molecular complexity index is 1170. The van der Waals surface area contributed by atoms with Crippen LogP contribution in [0.2, 0.25) is 0 Å². The Balaban J connectivity index is 1.51. The highest BCUT2D eigenvalue weighted by molar-refractivity contribution is 5.90. The number of para-hydroxylation sites is 1. The van der Waals surface area contributed by atoms with Crippen LogP contribution in [0, 0.1) is 11.8 Å². The number of fused-ring (bicyclic) bond motifs is 2. The number of aromatic nitrogens is 2. The van der Waals surface area contributed by atoms with Crippen LogP contribution >= 0.6 is 0 Å². The molecule has 3 aromatic carbocycles. The van der Waals surface area contributed by atoms with E-state index in [1.165, 1.54) is 10.8 Å². The van der Waals surface area contributed by atoms with Gasteiger partial charge in [0, 0.05) is 31.0 Å². The molecular weight excluding hydrogens is 346 g/mol. The summed E-state index contributed by atoms with van der Waals surface area (Å²) >= 11 is 0. The predicted octanol–water partition coefficient (Wildman–Crippen LogP) is 4.78. The molecule has 1 aromatic heterocycles. The van der Waals surface area contributed by atoms with Crippen LogP contribution < -0.4 is 5.32 Å². The summed E-state index contributed by atoms with van der Waals surface area (Å²) in [7, 11) is 1.71. The summed E-state index contributed by atoms with van der Waals surface area (Å²) < 4.78 is 5.35. The third kappa shape index (κ3) is 3.80. The molecule has 0 amide bonds. The first-order chi connectivity index (χ1) is 13.9. The minimum atomic E-state index is 0.556. The van der Waals surface area contributed by atoms with Gasteiger partial charge >= 0.3 is 0 Å². The zero-order chi connectivity index (χ0) is 19.2. The maximum atomic E-state index is 5.35. The lowest BCUT2D eigenvalue weighted by Gasteiger charge is -2.08. The molecule has 0 aliphatic heterocycles. The van der Waals surface area contributed by atoms with Crippen LogP contribution in [-0.4, -0.2) is 23.6 Å². The number of nitrogens with zero attached hydrogens (tertiary/aromatic N) is 2. The van der Waals surface area contributed by atoms with Crippen LogP contribution in [-0.2, 0) is 11.3 Å². The smallest absolute Gasteiger partial charge is 0.137 e. The van der Waals surface area contributed by atoms with Gasteiger partial charge in [-0.2, -0.15) is 0 Å². The van der Waals surface area contributed by atoms with Crippen molar-refractivity contribution in [3.05, 3.63) is 78.1 Å². The molecule has 0 aliphatic rings. The molecule has 0 saturated carbocycles. The lowest BCUT2D eigenvalue weighted by molar-refractivity contribution is 0.185. The van der Waals surface area contributed by atoms with Crippen LogP contribution in [0.4, 0.5) is 5.82 Å². The van der Waals surface area contributed by atoms with Gasteiger partial charge < -0.3 is 10.1 Å². The SMILES string of the molecule is COCc1ccc2ccccc2c1C#CCCNc1ncnc2ccccc12. The van der Waals surface area contributed by atoms with E-state index >= 15 is 0 Å². The molecular formula is C24H21N3O. The summed E-state index contributed by atoms with van der Waals surface area (Å²) in [6.45, 7) is 1.28. The van der Waals surface area contributed by atoms with Crippen LogP contribution in [0.15, 0.2) is 67.0 Å². The number of ether oxygens (including phenoxy) is 1. The summed E-state index contributed by atoms with van der Waals surface area (Å²) in [5.74, 6) is 7.51. The van der Waals surface area contributed by atoms with Gasteiger partial charge in [0.15, 0.2) is 0 Å². The predicted molar refractivity (Wildman–Crippen MR) is 114 cm³/mol. The van der Waals surface area contributed by atoms with Crippen LogP contribution in [0.25, 0.3) is 21.7 Å². The maximum absolute atomic E-state index is 5.35. The molecule has 1 N–H and O–H groups in total. The number of hydrogen-bond donors (Lipinski definition) is 1. The van der Waals surface area contributed by atoms with Crippen LogP contribution in [0.3, 0.4) is 0 Å². The normalized spacial score (nSPS) is 10.6. The molecule has 0 radical (unpaired) electrons. The van der Waals surface area contributed by atoms with Crippen LogP contribution in [0.5, 0.6) is 0 Å². The van der Waals surface area contributed by atoms with E-state index in [0.717, 1.165) is 34.4 Å². The average molecular weight is 367 g/mol. The van der Waals surface area contributed by atoms with Crippen molar-refractivity contribution in [3.8, 4) is 11.8 Å².